The van der Waals surface area contributed by atoms with Gasteiger partial charge in [-0.1, -0.05) is 0 Å². The highest BCUT2D eigenvalue weighted by atomic mass is 35.5. The van der Waals surface area contributed by atoms with Gasteiger partial charge in [-0.05, 0) is 36.7 Å². The third-order valence-corrected chi connectivity index (χ3v) is 2.08. The fraction of sp³-hybridized carbons (Fsp3) is 0.400. The van der Waals surface area contributed by atoms with Gasteiger partial charge in [0, 0.05) is 0 Å². The fourth-order valence-corrected chi connectivity index (χ4v) is 1.33. The van der Waals surface area contributed by atoms with Gasteiger partial charge in [-0.25, -0.2) is 0 Å². The standard InChI is InChI=1S/C10H9F6N.ClH/c11-9(12,13)7-3-6(1-2-17)4-8(5-7)10(14,15)16;/h3-5H,1-2,17H2;1H. The molecule has 0 amide bonds. The molecular formula is C10H10ClF6N. The fourth-order valence-electron chi connectivity index (χ4n) is 1.33. The molecule has 8 heteroatoms. The van der Waals surface area contributed by atoms with E-state index in [1.165, 1.54) is 0 Å². The molecule has 1 aromatic carbocycles. The monoisotopic (exact) mass is 293 g/mol. The normalized spacial score (nSPS) is 12.2. The van der Waals surface area contributed by atoms with Crippen molar-refractivity contribution in [2.75, 3.05) is 6.54 Å². The summed E-state index contributed by atoms with van der Waals surface area (Å²) >= 11 is 0. The summed E-state index contributed by atoms with van der Waals surface area (Å²) in [6, 6.07) is 1.46. The topological polar surface area (TPSA) is 26.0 Å². The molecule has 18 heavy (non-hydrogen) atoms. The zero-order valence-electron chi connectivity index (χ0n) is 8.90. The van der Waals surface area contributed by atoms with Crippen LogP contribution in [0.4, 0.5) is 26.3 Å². The van der Waals surface area contributed by atoms with Gasteiger partial charge in [-0.2, -0.15) is 26.3 Å². The van der Waals surface area contributed by atoms with E-state index in [1.54, 1.807) is 0 Å². The number of alkyl halides is 6. The van der Waals surface area contributed by atoms with Crippen molar-refractivity contribution in [3.63, 3.8) is 0 Å². The summed E-state index contributed by atoms with van der Waals surface area (Å²) in [5.74, 6) is 0. The highest BCUT2D eigenvalue weighted by molar-refractivity contribution is 5.85. The van der Waals surface area contributed by atoms with Crippen molar-refractivity contribution in [2.24, 2.45) is 5.73 Å². The van der Waals surface area contributed by atoms with Crippen LogP contribution in [0.1, 0.15) is 16.7 Å². The first kappa shape index (κ1) is 17.1. The highest BCUT2D eigenvalue weighted by Gasteiger charge is 2.36. The van der Waals surface area contributed by atoms with E-state index in [2.05, 4.69) is 0 Å². The van der Waals surface area contributed by atoms with Crippen LogP contribution >= 0.6 is 12.4 Å². The largest absolute Gasteiger partial charge is 0.416 e. The van der Waals surface area contributed by atoms with E-state index in [9.17, 15) is 26.3 Å². The molecule has 0 unspecified atom stereocenters. The van der Waals surface area contributed by atoms with Crippen LogP contribution < -0.4 is 5.73 Å². The molecular weight excluding hydrogens is 284 g/mol. The van der Waals surface area contributed by atoms with Crippen molar-refractivity contribution < 1.29 is 26.3 Å². The molecule has 1 nitrogen and oxygen atoms in total. The molecule has 1 rings (SSSR count). The molecule has 0 radical (unpaired) electrons. The van der Waals surface area contributed by atoms with Gasteiger partial charge in [0.25, 0.3) is 0 Å². The Bertz CT molecular complexity index is 366. The molecule has 0 saturated heterocycles. The molecule has 2 N–H and O–H groups in total. The molecule has 0 aliphatic carbocycles. The Hall–Kier alpha value is -0.950. The Balaban J connectivity index is 0.00000289. The average molecular weight is 294 g/mol. The van der Waals surface area contributed by atoms with E-state index in [0.29, 0.717) is 12.1 Å². The first-order valence-corrected chi connectivity index (χ1v) is 4.63. The minimum Gasteiger partial charge on any atom is -0.330 e. The van der Waals surface area contributed by atoms with E-state index >= 15 is 0 Å². The minimum atomic E-state index is -4.80. The zero-order chi connectivity index (χ0) is 13.3. The van der Waals surface area contributed by atoms with Gasteiger partial charge in [-0.3, -0.25) is 0 Å². The second-order valence-electron chi connectivity index (χ2n) is 3.45. The van der Waals surface area contributed by atoms with Crippen LogP contribution in [0.25, 0.3) is 0 Å². The summed E-state index contributed by atoms with van der Waals surface area (Å²) in [4.78, 5) is 0. The second kappa shape index (κ2) is 5.79. The average Bonchev–Trinajstić information content (AvgIpc) is 2.15. The maximum absolute atomic E-state index is 12.4. The molecule has 0 fully saturated rings. The van der Waals surface area contributed by atoms with Crippen LogP contribution in [0.3, 0.4) is 0 Å². The van der Waals surface area contributed by atoms with Crippen LogP contribution in [0.15, 0.2) is 18.2 Å². The Morgan fingerprint density at radius 2 is 1.22 bits per heavy atom. The molecule has 0 bridgehead atoms. The number of hydrogen-bond donors (Lipinski definition) is 1. The Labute approximate surface area is 105 Å². The van der Waals surface area contributed by atoms with Gasteiger partial charge in [0.05, 0.1) is 11.1 Å². The van der Waals surface area contributed by atoms with E-state index in [1.807, 2.05) is 0 Å². The third kappa shape index (κ3) is 4.38. The van der Waals surface area contributed by atoms with Crippen molar-refractivity contribution in [3.8, 4) is 0 Å². The first-order valence-electron chi connectivity index (χ1n) is 4.63. The van der Waals surface area contributed by atoms with Gasteiger partial charge < -0.3 is 5.73 Å². The van der Waals surface area contributed by atoms with Crippen LogP contribution in [-0.2, 0) is 18.8 Å². The summed E-state index contributed by atoms with van der Waals surface area (Å²) in [5, 5.41) is 0. The molecule has 0 aromatic heterocycles. The van der Waals surface area contributed by atoms with Crippen molar-refractivity contribution >= 4 is 12.4 Å². The number of benzene rings is 1. The lowest BCUT2D eigenvalue weighted by Gasteiger charge is -2.13. The Morgan fingerprint density at radius 3 is 1.50 bits per heavy atom. The van der Waals surface area contributed by atoms with Crippen LogP contribution in [-0.4, -0.2) is 6.54 Å². The summed E-state index contributed by atoms with van der Waals surface area (Å²) in [5.41, 5.74) is 2.42. The van der Waals surface area contributed by atoms with E-state index in [4.69, 9.17) is 5.73 Å². The summed E-state index contributed by atoms with van der Waals surface area (Å²) < 4.78 is 74.3. The lowest BCUT2D eigenvalue weighted by atomic mass is 10.0. The smallest absolute Gasteiger partial charge is 0.330 e. The molecule has 0 aliphatic heterocycles. The lowest BCUT2D eigenvalue weighted by molar-refractivity contribution is -0.143. The van der Waals surface area contributed by atoms with Crippen LogP contribution in [0, 0.1) is 0 Å². The molecule has 0 aliphatic rings. The molecule has 0 atom stereocenters. The zero-order valence-corrected chi connectivity index (χ0v) is 9.72. The Kier molecular flexibility index (Phi) is 5.49. The van der Waals surface area contributed by atoms with Crippen molar-refractivity contribution in [1.29, 1.82) is 0 Å². The quantitative estimate of drug-likeness (QED) is 0.828. The second-order valence-corrected chi connectivity index (χ2v) is 3.45. The maximum atomic E-state index is 12.4. The predicted molar refractivity (Wildman–Crippen MR) is 56.5 cm³/mol. The van der Waals surface area contributed by atoms with Gasteiger partial charge in [0.15, 0.2) is 0 Å². The van der Waals surface area contributed by atoms with Gasteiger partial charge in [-0.15, -0.1) is 12.4 Å². The highest BCUT2D eigenvalue weighted by Crippen LogP contribution is 2.36. The lowest BCUT2D eigenvalue weighted by Crippen LogP contribution is -2.13. The number of hydrogen-bond acceptors (Lipinski definition) is 1. The van der Waals surface area contributed by atoms with Gasteiger partial charge >= 0.3 is 12.4 Å². The number of halogens is 7. The Morgan fingerprint density at radius 1 is 0.833 bits per heavy atom. The maximum Gasteiger partial charge on any atom is 0.416 e. The molecule has 0 spiro atoms. The van der Waals surface area contributed by atoms with Gasteiger partial charge in [0.2, 0.25) is 0 Å². The van der Waals surface area contributed by atoms with E-state index in [-0.39, 0.29) is 37.0 Å². The van der Waals surface area contributed by atoms with Crippen molar-refractivity contribution in [2.45, 2.75) is 18.8 Å². The molecule has 0 heterocycles. The van der Waals surface area contributed by atoms with Gasteiger partial charge in [0.1, 0.15) is 0 Å². The third-order valence-electron chi connectivity index (χ3n) is 2.08. The summed E-state index contributed by atoms with van der Waals surface area (Å²) in [7, 11) is 0. The van der Waals surface area contributed by atoms with Crippen LogP contribution in [0.5, 0.6) is 0 Å². The van der Waals surface area contributed by atoms with E-state index < -0.39 is 23.5 Å². The first-order chi connectivity index (χ1) is 7.64. The number of rotatable bonds is 2. The summed E-state index contributed by atoms with van der Waals surface area (Å²) in [6.45, 7) is -0.0153. The van der Waals surface area contributed by atoms with Crippen molar-refractivity contribution in [3.05, 3.63) is 34.9 Å². The predicted octanol–water partition coefficient (Wildman–Crippen LogP) is 3.65. The number of nitrogens with two attached hydrogens (primary N) is 1. The minimum absolute atomic E-state index is 0. The van der Waals surface area contributed by atoms with E-state index in [0.717, 1.165) is 0 Å². The molecule has 0 saturated carbocycles. The van der Waals surface area contributed by atoms with Crippen molar-refractivity contribution in [1.82, 2.24) is 0 Å². The molecule has 1 aromatic rings. The van der Waals surface area contributed by atoms with Crippen LogP contribution in [0.2, 0.25) is 0 Å². The molecule has 104 valence electrons. The summed E-state index contributed by atoms with van der Waals surface area (Å²) in [6.07, 6.45) is -9.64. The SMILES string of the molecule is Cl.NCCc1cc(C(F)(F)F)cc(C(F)(F)F)c1.